The molecule has 322 valence electrons. The molecule has 0 bridgehead atoms. The Morgan fingerprint density at radius 1 is 0.656 bits per heavy atom. The topological polar surface area (TPSA) is 181 Å². The lowest BCUT2D eigenvalue weighted by Gasteiger charge is -2.14. The van der Waals surface area contributed by atoms with Gasteiger partial charge in [-0.3, -0.25) is 21.3 Å². The number of anilines is 4. The molecular formula is C41H42Cl2F2N8O6S2. The number of hydrogen-bond acceptors (Lipinski definition) is 9. The molecule has 6 aromatic rings. The number of halogens is 4. The number of carbonyl (C=O) groups excluding carboxylic acids is 3. The summed E-state index contributed by atoms with van der Waals surface area (Å²) in [6.45, 7) is 15.3. The number of esters is 1. The van der Waals surface area contributed by atoms with Gasteiger partial charge in [-0.15, -0.1) is 22.7 Å². The summed E-state index contributed by atoms with van der Waals surface area (Å²) in [5, 5.41) is 30.2. The van der Waals surface area contributed by atoms with Gasteiger partial charge in [0.15, 0.2) is 0 Å². The van der Waals surface area contributed by atoms with Crippen LogP contribution in [0, 0.1) is 25.5 Å². The van der Waals surface area contributed by atoms with Gasteiger partial charge in [0.05, 0.1) is 39.9 Å². The fraction of sp³-hybridized carbons (Fsp3) is 0.268. The molecule has 6 rings (SSSR count). The van der Waals surface area contributed by atoms with E-state index in [0.717, 1.165) is 34.1 Å². The zero-order valence-electron chi connectivity index (χ0n) is 34.4. The van der Waals surface area contributed by atoms with E-state index in [0.29, 0.717) is 44.1 Å². The van der Waals surface area contributed by atoms with Crippen molar-refractivity contribution in [2.24, 2.45) is 0 Å². The number of rotatable bonds is 8. The van der Waals surface area contributed by atoms with Crippen molar-refractivity contribution in [1.82, 2.24) is 19.6 Å². The molecule has 0 aliphatic rings. The van der Waals surface area contributed by atoms with Gasteiger partial charge in [0, 0.05) is 34.1 Å². The first-order valence-corrected chi connectivity index (χ1v) is 20.7. The van der Waals surface area contributed by atoms with Crippen LogP contribution >= 0.6 is 45.9 Å². The van der Waals surface area contributed by atoms with Crippen LogP contribution in [0.2, 0.25) is 10.0 Å². The van der Waals surface area contributed by atoms with Gasteiger partial charge in [-0.25, -0.2) is 37.3 Å². The largest absolute Gasteiger partial charge is 0.477 e. The number of carbonyl (C=O) groups is 4. The van der Waals surface area contributed by atoms with Crippen LogP contribution in [0.3, 0.4) is 0 Å². The Morgan fingerprint density at radius 2 is 1.02 bits per heavy atom. The van der Waals surface area contributed by atoms with E-state index in [9.17, 15) is 33.1 Å². The van der Waals surface area contributed by atoms with E-state index in [1.807, 2.05) is 41.5 Å². The minimum atomic E-state index is -1.16. The fourth-order valence-electron chi connectivity index (χ4n) is 5.32. The highest BCUT2D eigenvalue weighted by molar-refractivity contribution is 7.19. The Morgan fingerprint density at radius 3 is 1.34 bits per heavy atom. The van der Waals surface area contributed by atoms with E-state index in [-0.39, 0.29) is 42.3 Å². The quantitative estimate of drug-likeness (QED) is 0.0935. The predicted octanol–water partition coefficient (Wildman–Crippen LogP) is 11.4. The third-order valence-corrected chi connectivity index (χ3v) is 12.3. The number of nitrogens with one attached hydrogen (secondary N) is 4. The van der Waals surface area contributed by atoms with Crippen molar-refractivity contribution >= 4 is 91.5 Å². The first kappa shape index (κ1) is 46.2. The molecule has 0 fully saturated rings. The summed E-state index contributed by atoms with van der Waals surface area (Å²) in [6, 6.07) is 13.9. The standard InChI is InChI=1S/C21H22ClFN4O3S.C20H20ClFN4O3S/c1-11-16(22)17(19(28)30-5)31-18(11)25-20(29)24-15-10-14(21(2,3)4)26-27(15)13-8-6-12(23)7-9-13;1-10-15(21)16(18(27)28)30-17(10)24-19(29)23-14-9-13(20(2,3)4)25-26(14)12-7-5-11(22)6-8-12/h6-10H,1-5H3,(H2,24,25,29);5-9H,1-4H3,(H,27,28)(H2,23,24,29). The normalized spacial score (nSPS) is 11.4. The summed E-state index contributed by atoms with van der Waals surface area (Å²) < 4.78 is 34.4. The number of thiophene rings is 2. The third-order valence-electron chi connectivity index (χ3n) is 8.75. The highest BCUT2D eigenvalue weighted by Crippen LogP contribution is 2.38. The number of hydrogen-bond donors (Lipinski definition) is 5. The van der Waals surface area contributed by atoms with Crippen LogP contribution in [0.4, 0.5) is 40.0 Å². The van der Waals surface area contributed by atoms with Crippen molar-refractivity contribution in [2.45, 2.75) is 66.2 Å². The van der Waals surface area contributed by atoms with Crippen molar-refractivity contribution in [3.8, 4) is 11.4 Å². The SMILES string of the molecule is COC(=O)c1sc(NC(=O)Nc2cc(C(C)(C)C)nn2-c2ccc(F)cc2)c(C)c1Cl.Cc1c(NC(=O)Nc2cc(C(C)(C)C)nn2-c2ccc(F)cc2)sc(C(=O)O)c1Cl. The lowest BCUT2D eigenvalue weighted by molar-refractivity contribution is 0.0605. The molecule has 0 aliphatic carbocycles. The Kier molecular flexibility index (Phi) is 14.0. The second kappa shape index (κ2) is 18.4. The van der Waals surface area contributed by atoms with Crippen molar-refractivity contribution in [3.63, 3.8) is 0 Å². The van der Waals surface area contributed by atoms with Crippen molar-refractivity contribution in [1.29, 1.82) is 0 Å². The summed E-state index contributed by atoms with van der Waals surface area (Å²) in [6.07, 6.45) is 0. The van der Waals surface area contributed by atoms with Gasteiger partial charge in [-0.2, -0.15) is 10.2 Å². The maximum atomic E-state index is 13.4. The van der Waals surface area contributed by atoms with Crippen LogP contribution in [-0.2, 0) is 15.6 Å². The second-order valence-corrected chi connectivity index (χ2v) is 18.3. The number of ether oxygens (including phenoxy) is 1. The first-order chi connectivity index (χ1) is 28.5. The molecule has 0 spiro atoms. The summed E-state index contributed by atoms with van der Waals surface area (Å²) in [5.41, 5.74) is 3.11. The van der Waals surface area contributed by atoms with Crippen LogP contribution in [0.1, 0.15) is 83.4 Å². The number of carboxylic acids is 1. The molecule has 0 aliphatic heterocycles. The van der Waals surface area contributed by atoms with Gasteiger partial charge in [0.25, 0.3) is 0 Å². The van der Waals surface area contributed by atoms with Gasteiger partial charge < -0.3 is 9.84 Å². The molecule has 14 nitrogen and oxygen atoms in total. The molecule has 0 unspecified atom stereocenters. The molecule has 0 radical (unpaired) electrons. The minimum Gasteiger partial charge on any atom is -0.477 e. The Labute approximate surface area is 367 Å². The molecule has 4 amide bonds. The van der Waals surface area contributed by atoms with Crippen molar-refractivity contribution in [3.05, 3.63) is 115 Å². The summed E-state index contributed by atoms with van der Waals surface area (Å²) >= 11 is 14.1. The molecule has 0 atom stereocenters. The first-order valence-electron chi connectivity index (χ1n) is 18.3. The number of benzene rings is 2. The molecule has 4 aromatic heterocycles. The van der Waals surface area contributed by atoms with E-state index < -0.39 is 24.0 Å². The zero-order chi connectivity index (χ0) is 45.1. The summed E-state index contributed by atoms with van der Waals surface area (Å²) in [5.74, 6) is -1.70. The number of carboxylic acid groups (broad SMARTS) is 1. The smallest absolute Gasteiger partial charge is 0.349 e. The van der Waals surface area contributed by atoms with Crippen LogP contribution in [0.15, 0.2) is 60.7 Å². The summed E-state index contributed by atoms with van der Waals surface area (Å²) in [4.78, 5) is 48.6. The monoisotopic (exact) mass is 914 g/mol. The lowest BCUT2D eigenvalue weighted by atomic mass is 9.92. The van der Waals surface area contributed by atoms with Crippen LogP contribution in [-0.4, -0.2) is 55.8 Å². The summed E-state index contributed by atoms with van der Waals surface area (Å²) in [7, 11) is 1.26. The van der Waals surface area contributed by atoms with Crippen LogP contribution in [0.5, 0.6) is 0 Å². The van der Waals surface area contributed by atoms with E-state index in [1.54, 1.807) is 50.2 Å². The Balaban J connectivity index is 0.000000231. The molecular weight excluding hydrogens is 874 g/mol. The molecule has 61 heavy (non-hydrogen) atoms. The molecule has 2 aromatic carbocycles. The fourth-order valence-corrected chi connectivity index (χ4v) is 7.96. The molecule has 0 saturated heterocycles. The number of nitrogens with zero attached hydrogens (tertiary/aromatic N) is 4. The average molecular weight is 916 g/mol. The average Bonchev–Trinajstić information content (AvgIpc) is 3.94. The minimum absolute atomic E-state index is 0.0455. The third kappa shape index (κ3) is 10.9. The number of aromatic carboxylic acids is 1. The van der Waals surface area contributed by atoms with Crippen molar-refractivity contribution < 1.29 is 37.8 Å². The number of amides is 4. The molecule has 20 heteroatoms. The zero-order valence-corrected chi connectivity index (χ0v) is 37.5. The van der Waals surface area contributed by atoms with Crippen LogP contribution in [0.25, 0.3) is 11.4 Å². The van der Waals surface area contributed by atoms with E-state index in [4.69, 9.17) is 27.9 Å². The molecule has 5 N–H and O–H groups in total. The van der Waals surface area contributed by atoms with E-state index in [2.05, 4.69) is 31.5 Å². The Hall–Kier alpha value is -5.82. The van der Waals surface area contributed by atoms with Gasteiger partial charge in [-0.05, 0) is 62.4 Å². The molecule has 4 heterocycles. The number of methoxy groups -OCH3 is 1. The van der Waals surface area contributed by atoms with Gasteiger partial charge in [0.2, 0.25) is 0 Å². The number of aromatic nitrogens is 4. The second-order valence-electron chi connectivity index (χ2n) is 15.5. The molecule has 0 saturated carbocycles. The predicted molar refractivity (Wildman–Crippen MR) is 236 cm³/mol. The van der Waals surface area contributed by atoms with E-state index in [1.165, 1.54) is 40.7 Å². The van der Waals surface area contributed by atoms with E-state index >= 15 is 0 Å². The lowest BCUT2D eigenvalue weighted by Crippen LogP contribution is -2.21. The Bertz CT molecular complexity index is 2610. The van der Waals surface area contributed by atoms with Gasteiger partial charge in [-0.1, -0.05) is 64.7 Å². The maximum absolute atomic E-state index is 13.4. The van der Waals surface area contributed by atoms with Crippen molar-refractivity contribution in [2.75, 3.05) is 28.4 Å². The highest BCUT2D eigenvalue weighted by atomic mass is 35.5. The van der Waals surface area contributed by atoms with Gasteiger partial charge in [0.1, 0.15) is 43.0 Å². The maximum Gasteiger partial charge on any atom is 0.349 e. The highest BCUT2D eigenvalue weighted by Gasteiger charge is 2.26. The van der Waals surface area contributed by atoms with Crippen LogP contribution < -0.4 is 21.3 Å². The number of urea groups is 2. The van der Waals surface area contributed by atoms with Gasteiger partial charge >= 0.3 is 24.0 Å².